The molecule has 2 heteroatoms. The summed E-state index contributed by atoms with van der Waals surface area (Å²) in [5, 5.41) is 0. The Bertz CT molecular complexity index is 457. The molecular weight excluding hydrogens is 256 g/mol. The third-order valence-corrected chi connectivity index (χ3v) is 5.23. The summed E-state index contributed by atoms with van der Waals surface area (Å²) in [5.41, 5.74) is 11.9. The van der Waals surface area contributed by atoms with Gasteiger partial charge in [-0.15, -0.1) is 0 Å². The molecule has 2 rings (SSSR count). The van der Waals surface area contributed by atoms with E-state index < -0.39 is 0 Å². The van der Waals surface area contributed by atoms with Gasteiger partial charge < -0.3 is 10.6 Å². The van der Waals surface area contributed by atoms with Crippen molar-refractivity contribution in [2.45, 2.75) is 65.5 Å². The molecule has 0 heterocycles. The lowest BCUT2D eigenvalue weighted by Crippen LogP contribution is -2.42. The quantitative estimate of drug-likeness (QED) is 0.903. The third-order valence-electron chi connectivity index (χ3n) is 5.23. The SMILES string of the molecule is Cc1cc(C)c(C(N)CN(C)C2CCCCC2C)c(C)c1. The summed E-state index contributed by atoms with van der Waals surface area (Å²) in [6, 6.07) is 5.33. The standard InChI is InChI=1S/C19H32N2/c1-13-10-15(3)19(16(4)11-13)17(20)12-21(5)18-9-7-6-8-14(18)2/h10-11,14,17-18H,6-9,12,20H2,1-5H3. The number of aryl methyl sites for hydroxylation is 3. The molecule has 3 unspecified atom stereocenters. The van der Waals surface area contributed by atoms with E-state index in [9.17, 15) is 0 Å². The van der Waals surface area contributed by atoms with Crippen LogP contribution in [0.25, 0.3) is 0 Å². The van der Waals surface area contributed by atoms with Crippen LogP contribution in [-0.4, -0.2) is 24.5 Å². The molecular formula is C19H32N2. The van der Waals surface area contributed by atoms with Gasteiger partial charge in [-0.05, 0) is 63.3 Å². The Kier molecular flexibility index (Phi) is 5.45. The van der Waals surface area contributed by atoms with E-state index in [1.807, 2.05) is 0 Å². The van der Waals surface area contributed by atoms with E-state index in [1.54, 1.807) is 0 Å². The van der Waals surface area contributed by atoms with Crippen molar-refractivity contribution in [3.63, 3.8) is 0 Å². The maximum Gasteiger partial charge on any atom is 0.0429 e. The van der Waals surface area contributed by atoms with Gasteiger partial charge in [0, 0.05) is 18.6 Å². The zero-order chi connectivity index (χ0) is 15.6. The molecule has 0 bridgehead atoms. The van der Waals surface area contributed by atoms with E-state index in [-0.39, 0.29) is 6.04 Å². The first-order valence-electron chi connectivity index (χ1n) is 8.43. The van der Waals surface area contributed by atoms with Gasteiger partial charge >= 0.3 is 0 Å². The average molecular weight is 288 g/mol. The number of nitrogens with zero attached hydrogens (tertiary/aromatic N) is 1. The number of nitrogens with two attached hydrogens (primary N) is 1. The van der Waals surface area contributed by atoms with Crippen molar-refractivity contribution >= 4 is 0 Å². The van der Waals surface area contributed by atoms with E-state index in [0.717, 1.165) is 12.5 Å². The van der Waals surface area contributed by atoms with Crippen LogP contribution >= 0.6 is 0 Å². The highest BCUT2D eigenvalue weighted by Gasteiger charge is 2.26. The number of likely N-dealkylation sites (N-methyl/N-ethyl adjacent to an activating group) is 1. The Morgan fingerprint density at radius 1 is 1.14 bits per heavy atom. The maximum absolute atomic E-state index is 6.56. The third kappa shape index (κ3) is 3.87. The Hall–Kier alpha value is -0.860. The highest BCUT2D eigenvalue weighted by molar-refractivity contribution is 5.39. The van der Waals surface area contributed by atoms with Gasteiger partial charge in [0.1, 0.15) is 0 Å². The zero-order valence-electron chi connectivity index (χ0n) is 14.4. The molecule has 3 atom stereocenters. The largest absolute Gasteiger partial charge is 0.323 e. The van der Waals surface area contributed by atoms with Crippen LogP contribution in [0, 0.1) is 26.7 Å². The van der Waals surface area contributed by atoms with E-state index in [4.69, 9.17) is 5.73 Å². The average Bonchev–Trinajstić information content (AvgIpc) is 2.37. The maximum atomic E-state index is 6.56. The highest BCUT2D eigenvalue weighted by atomic mass is 15.1. The minimum absolute atomic E-state index is 0.115. The molecule has 1 fully saturated rings. The number of hydrogen-bond acceptors (Lipinski definition) is 2. The zero-order valence-corrected chi connectivity index (χ0v) is 14.4. The van der Waals surface area contributed by atoms with E-state index in [2.05, 4.69) is 51.8 Å². The van der Waals surface area contributed by atoms with Crippen LogP contribution in [0.1, 0.15) is 60.9 Å². The van der Waals surface area contributed by atoms with E-state index >= 15 is 0 Å². The van der Waals surface area contributed by atoms with E-state index in [0.29, 0.717) is 6.04 Å². The first kappa shape index (κ1) is 16.5. The Labute approximate surface area is 130 Å². The monoisotopic (exact) mass is 288 g/mol. The fourth-order valence-electron chi connectivity index (χ4n) is 4.26. The van der Waals surface area contributed by atoms with Gasteiger partial charge in [0.2, 0.25) is 0 Å². The molecule has 2 N–H and O–H groups in total. The summed E-state index contributed by atoms with van der Waals surface area (Å²) in [5.74, 6) is 0.802. The molecule has 0 radical (unpaired) electrons. The van der Waals surface area contributed by atoms with Crippen LogP contribution in [-0.2, 0) is 0 Å². The van der Waals surface area contributed by atoms with Crippen molar-refractivity contribution in [2.24, 2.45) is 11.7 Å². The van der Waals surface area contributed by atoms with Gasteiger partial charge in [0.15, 0.2) is 0 Å². The van der Waals surface area contributed by atoms with Crippen molar-refractivity contribution in [1.82, 2.24) is 4.90 Å². The van der Waals surface area contributed by atoms with Crippen LogP contribution in [0.4, 0.5) is 0 Å². The Balaban J connectivity index is 2.09. The molecule has 1 aliphatic rings. The Morgan fingerprint density at radius 2 is 1.71 bits per heavy atom. The summed E-state index contributed by atoms with van der Waals surface area (Å²) in [6.07, 6.45) is 5.47. The summed E-state index contributed by atoms with van der Waals surface area (Å²) < 4.78 is 0. The van der Waals surface area contributed by atoms with Gasteiger partial charge in [0.05, 0.1) is 0 Å². The summed E-state index contributed by atoms with van der Waals surface area (Å²) in [7, 11) is 2.26. The van der Waals surface area contributed by atoms with Crippen molar-refractivity contribution in [3.8, 4) is 0 Å². The second kappa shape index (κ2) is 6.93. The fraction of sp³-hybridized carbons (Fsp3) is 0.684. The summed E-state index contributed by atoms with van der Waals surface area (Å²) in [6.45, 7) is 9.90. The second-order valence-electron chi connectivity index (χ2n) is 7.19. The first-order chi connectivity index (χ1) is 9.90. The predicted molar refractivity (Wildman–Crippen MR) is 91.6 cm³/mol. The summed E-state index contributed by atoms with van der Waals surface area (Å²) in [4.78, 5) is 2.51. The lowest BCUT2D eigenvalue weighted by Gasteiger charge is -2.37. The fourth-order valence-corrected chi connectivity index (χ4v) is 4.26. The molecule has 21 heavy (non-hydrogen) atoms. The molecule has 0 saturated heterocycles. The van der Waals surface area contributed by atoms with Crippen LogP contribution < -0.4 is 5.73 Å². The highest BCUT2D eigenvalue weighted by Crippen LogP contribution is 2.29. The minimum Gasteiger partial charge on any atom is -0.323 e. The lowest BCUT2D eigenvalue weighted by atomic mass is 9.84. The molecule has 0 aliphatic heterocycles. The second-order valence-corrected chi connectivity index (χ2v) is 7.19. The number of benzene rings is 1. The topological polar surface area (TPSA) is 29.3 Å². The smallest absolute Gasteiger partial charge is 0.0429 e. The van der Waals surface area contributed by atoms with Crippen LogP contribution in [0.3, 0.4) is 0 Å². The Morgan fingerprint density at radius 3 is 2.29 bits per heavy atom. The molecule has 118 valence electrons. The lowest BCUT2D eigenvalue weighted by molar-refractivity contribution is 0.133. The van der Waals surface area contributed by atoms with Gasteiger partial charge in [-0.25, -0.2) is 0 Å². The predicted octanol–water partition coefficient (Wildman–Crippen LogP) is 4.12. The van der Waals surface area contributed by atoms with Crippen LogP contribution in [0.15, 0.2) is 12.1 Å². The van der Waals surface area contributed by atoms with Crippen molar-refractivity contribution in [3.05, 3.63) is 34.4 Å². The minimum atomic E-state index is 0.115. The molecule has 2 nitrogen and oxygen atoms in total. The molecule has 0 amide bonds. The van der Waals surface area contributed by atoms with Gasteiger partial charge in [-0.3, -0.25) is 0 Å². The summed E-state index contributed by atoms with van der Waals surface area (Å²) >= 11 is 0. The number of rotatable bonds is 4. The van der Waals surface area contributed by atoms with Gasteiger partial charge in [0.25, 0.3) is 0 Å². The molecule has 0 aromatic heterocycles. The van der Waals surface area contributed by atoms with Crippen LogP contribution in [0.5, 0.6) is 0 Å². The molecule has 1 aromatic rings. The molecule has 0 spiro atoms. The first-order valence-corrected chi connectivity index (χ1v) is 8.43. The molecule has 1 aliphatic carbocycles. The van der Waals surface area contributed by atoms with Crippen LogP contribution in [0.2, 0.25) is 0 Å². The van der Waals surface area contributed by atoms with Crippen molar-refractivity contribution in [1.29, 1.82) is 0 Å². The van der Waals surface area contributed by atoms with Gasteiger partial charge in [-0.2, -0.15) is 0 Å². The van der Waals surface area contributed by atoms with Crippen molar-refractivity contribution < 1.29 is 0 Å². The van der Waals surface area contributed by atoms with Gasteiger partial charge in [-0.1, -0.05) is 37.5 Å². The normalized spacial score (nSPS) is 24.3. The molecule has 1 aromatic carbocycles. The number of hydrogen-bond donors (Lipinski definition) is 1. The van der Waals surface area contributed by atoms with E-state index in [1.165, 1.54) is 47.9 Å². The van der Waals surface area contributed by atoms with Crippen molar-refractivity contribution in [2.75, 3.05) is 13.6 Å². The molecule has 1 saturated carbocycles.